The van der Waals surface area contributed by atoms with E-state index in [1.165, 1.54) is 6.07 Å². The molecule has 0 bridgehead atoms. The van der Waals surface area contributed by atoms with Gasteiger partial charge in [-0.25, -0.2) is 4.39 Å². The summed E-state index contributed by atoms with van der Waals surface area (Å²) in [5, 5.41) is -0.167. The molecule has 0 aromatic heterocycles. The number of methoxy groups -OCH3 is 1. The molecule has 0 amide bonds. The minimum absolute atomic E-state index is 0.226. The first-order valence-electron chi connectivity index (χ1n) is 3.10. The van der Waals surface area contributed by atoms with Crippen molar-refractivity contribution in [3.63, 3.8) is 0 Å². The number of halogens is 3. The van der Waals surface area contributed by atoms with Gasteiger partial charge in [0.15, 0.2) is 0 Å². The molecule has 0 heterocycles. The molecule has 1 aromatic carbocycles. The van der Waals surface area contributed by atoms with E-state index in [2.05, 4.69) is 31.0 Å². The SMILES string of the molecule is COc1ccc(F)c(P(Br)Br)c1. The first-order valence-corrected chi connectivity index (χ1v) is 8.48. The molecule has 0 saturated heterocycles. The Morgan fingerprint density at radius 3 is 2.58 bits per heavy atom. The van der Waals surface area contributed by atoms with Crippen LogP contribution in [0.5, 0.6) is 5.75 Å². The van der Waals surface area contributed by atoms with Gasteiger partial charge in [-0.1, -0.05) is 0 Å². The molecule has 0 spiro atoms. The van der Waals surface area contributed by atoms with E-state index in [4.69, 9.17) is 4.74 Å². The number of ether oxygens (including phenoxy) is 1. The smallest absolute Gasteiger partial charge is 0.132 e. The summed E-state index contributed by atoms with van der Waals surface area (Å²) in [5.41, 5.74) is 0. The Hall–Kier alpha value is 0.340. The summed E-state index contributed by atoms with van der Waals surface area (Å²) in [6.45, 7) is 0. The highest BCUT2D eigenvalue weighted by molar-refractivity contribution is 9.70. The highest BCUT2D eigenvalue weighted by Crippen LogP contribution is 2.51. The lowest BCUT2D eigenvalue weighted by molar-refractivity contribution is 0.414. The maximum absolute atomic E-state index is 13.1. The highest BCUT2D eigenvalue weighted by Gasteiger charge is 2.09. The van der Waals surface area contributed by atoms with Crippen molar-refractivity contribution in [1.82, 2.24) is 0 Å². The summed E-state index contributed by atoms with van der Waals surface area (Å²) >= 11 is 6.57. The van der Waals surface area contributed by atoms with Gasteiger partial charge in [0.05, 0.1) is 12.4 Å². The van der Waals surface area contributed by atoms with E-state index in [0.29, 0.717) is 11.1 Å². The van der Waals surface area contributed by atoms with Gasteiger partial charge in [0, 0.05) is 5.30 Å². The molecule has 66 valence electrons. The van der Waals surface area contributed by atoms with Crippen molar-refractivity contribution >= 4 is 41.6 Å². The predicted molar refractivity (Wildman–Crippen MR) is 57.4 cm³/mol. The zero-order valence-electron chi connectivity index (χ0n) is 6.22. The monoisotopic (exact) mass is 314 g/mol. The van der Waals surface area contributed by atoms with Crippen molar-refractivity contribution < 1.29 is 9.13 Å². The molecule has 1 rings (SSSR count). The summed E-state index contributed by atoms with van der Waals surface area (Å²) in [6, 6.07) is 4.66. The van der Waals surface area contributed by atoms with Crippen LogP contribution in [-0.2, 0) is 0 Å². The van der Waals surface area contributed by atoms with E-state index in [-0.39, 0.29) is 5.82 Å². The van der Waals surface area contributed by atoms with Crippen molar-refractivity contribution in [2.75, 3.05) is 7.11 Å². The van der Waals surface area contributed by atoms with Crippen LogP contribution in [0.2, 0.25) is 0 Å². The zero-order valence-corrected chi connectivity index (χ0v) is 10.3. The zero-order chi connectivity index (χ0) is 9.14. The van der Waals surface area contributed by atoms with Gasteiger partial charge in [0.2, 0.25) is 0 Å². The van der Waals surface area contributed by atoms with Crippen molar-refractivity contribution in [2.24, 2.45) is 0 Å². The van der Waals surface area contributed by atoms with Crippen LogP contribution in [0.25, 0.3) is 0 Å². The van der Waals surface area contributed by atoms with Gasteiger partial charge < -0.3 is 4.74 Å². The third-order valence-corrected chi connectivity index (χ3v) is 4.33. The van der Waals surface area contributed by atoms with Gasteiger partial charge in [-0.2, -0.15) is 0 Å². The molecule has 1 nitrogen and oxygen atoms in total. The van der Waals surface area contributed by atoms with E-state index in [0.717, 1.165) is 0 Å². The molecule has 0 aliphatic carbocycles. The minimum Gasteiger partial charge on any atom is -0.497 e. The predicted octanol–water partition coefficient (Wildman–Crippen LogP) is 3.56. The molecule has 0 fully saturated rings. The Kier molecular flexibility index (Phi) is 3.94. The van der Waals surface area contributed by atoms with Crippen LogP contribution in [0.3, 0.4) is 0 Å². The molecule has 0 unspecified atom stereocenters. The van der Waals surface area contributed by atoms with E-state index in [9.17, 15) is 4.39 Å². The molecule has 0 aliphatic heterocycles. The number of hydrogen-bond donors (Lipinski definition) is 0. The second kappa shape index (κ2) is 4.54. The molecule has 5 heteroatoms. The first-order chi connectivity index (χ1) is 5.65. The fraction of sp³-hybridized carbons (Fsp3) is 0.143. The minimum atomic E-state index is -0.768. The highest BCUT2D eigenvalue weighted by atomic mass is 79.9. The van der Waals surface area contributed by atoms with Crippen LogP contribution in [0.15, 0.2) is 18.2 Å². The van der Waals surface area contributed by atoms with Gasteiger partial charge in [-0.15, -0.1) is 0 Å². The Morgan fingerprint density at radius 2 is 2.08 bits per heavy atom. The van der Waals surface area contributed by atoms with Gasteiger partial charge >= 0.3 is 0 Å². The van der Waals surface area contributed by atoms with Gasteiger partial charge in [-0.05, 0) is 49.2 Å². The lowest BCUT2D eigenvalue weighted by Crippen LogP contribution is -2.01. The second-order valence-corrected chi connectivity index (χ2v) is 10.1. The molecule has 0 saturated carbocycles. The van der Waals surface area contributed by atoms with Crippen molar-refractivity contribution in [3.8, 4) is 5.75 Å². The Bertz CT molecular complexity index is 280. The molecule has 0 atom stereocenters. The van der Waals surface area contributed by atoms with Crippen molar-refractivity contribution in [3.05, 3.63) is 24.0 Å². The van der Waals surface area contributed by atoms with Crippen LogP contribution in [0.1, 0.15) is 0 Å². The van der Waals surface area contributed by atoms with Crippen molar-refractivity contribution in [1.29, 1.82) is 0 Å². The van der Waals surface area contributed by atoms with Gasteiger partial charge in [-0.3, -0.25) is 0 Å². The Labute approximate surface area is 87.5 Å². The number of hydrogen-bond acceptors (Lipinski definition) is 1. The van der Waals surface area contributed by atoms with Crippen LogP contribution >= 0.6 is 36.3 Å². The van der Waals surface area contributed by atoms with Crippen LogP contribution in [0.4, 0.5) is 4.39 Å². The second-order valence-electron chi connectivity index (χ2n) is 2.05. The number of rotatable bonds is 2. The van der Waals surface area contributed by atoms with E-state index < -0.39 is 5.33 Å². The molecule has 0 N–H and O–H groups in total. The average molecular weight is 316 g/mol. The first kappa shape index (κ1) is 10.4. The lowest BCUT2D eigenvalue weighted by Gasteiger charge is -2.05. The topological polar surface area (TPSA) is 9.23 Å². The standard InChI is InChI=1S/C7H6Br2FOP/c1-11-5-2-3-6(10)7(4-5)12(8)9/h2-4H,1H3. The lowest BCUT2D eigenvalue weighted by atomic mass is 10.3. The molecular weight excluding hydrogens is 310 g/mol. The van der Waals surface area contributed by atoms with E-state index in [1.807, 2.05) is 0 Å². The molecule has 1 aromatic rings. The third kappa shape index (κ3) is 2.41. The van der Waals surface area contributed by atoms with Crippen molar-refractivity contribution in [2.45, 2.75) is 0 Å². The largest absolute Gasteiger partial charge is 0.497 e. The summed E-state index contributed by atoms with van der Waals surface area (Å²) in [7, 11) is 1.56. The summed E-state index contributed by atoms with van der Waals surface area (Å²) in [5.74, 6) is 0.438. The van der Waals surface area contributed by atoms with Crippen LogP contribution < -0.4 is 10.0 Å². The van der Waals surface area contributed by atoms with Crippen LogP contribution in [0, 0.1) is 5.82 Å². The molecule has 0 radical (unpaired) electrons. The number of benzene rings is 1. The third-order valence-electron chi connectivity index (χ3n) is 1.34. The summed E-state index contributed by atoms with van der Waals surface area (Å²) < 4.78 is 18.0. The van der Waals surface area contributed by atoms with Crippen LogP contribution in [-0.4, -0.2) is 7.11 Å². The van der Waals surface area contributed by atoms with Gasteiger partial charge in [0.25, 0.3) is 0 Å². The van der Waals surface area contributed by atoms with E-state index >= 15 is 0 Å². The molecule has 12 heavy (non-hydrogen) atoms. The molecular formula is C7H6Br2FOP. The molecule has 0 aliphatic rings. The Balaban J connectivity index is 3.08. The maximum atomic E-state index is 13.1. The summed E-state index contributed by atoms with van der Waals surface area (Å²) in [6.07, 6.45) is 0. The average Bonchev–Trinajstić information content (AvgIpc) is 2.05. The fourth-order valence-electron chi connectivity index (χ4n) is 0.749. The fourth-order valence-corrected chi connectivity index (χ4v) is 2.84. The Morgan fingerprint density at radius 1 is 1.42 bits per heavy atom. The maximum Gasteiger partial charge on any atom is 0.132 e. The summed E-state index contributed by atoms with van der Waals surface area (Å²) in [4.78, 5) is 0. The quantitative estimate of drug-likeness (QED) is 0.758. The van der Waals surface area contributed by atoms with E-state index in [1.54, 1.807) is 19.2 Å². The van der Waals surface area contributed by atoms with Gasteiger partial charge in [0.1, 0.15) is 11.6 Å². The normalized spacial score (nSPS) is 10.4.